The number of hydrogen-bond acceptors (Lipinski definition) is 4. The molecule has 1 aliphatic heterocycles. The van der Waals surface area contributed by atoms with E-state index in [4.69, 9.17) is 11.5 Å². The van der Waals surface area contributed by atoms with Crippen molar-refractivity contribution >= 4 is 5.69 Å². The van der Waals surface area contributed by atoms with Crippen molar-refractivity contribution in [3.05, 3.63) is 24.5 Å². The van der Waals surface area contributed by atoms with Gasteiger partial charge in [0.05, 0.1) is 5.66 Å². The molecule has 0 unspecified atom stereocenters. The molecule has 2 heterocycles. The van der Waals surface area contributed by atoms with E-state index in [1.54, 1.807) is 12.4 Å². The van der Waals surface area contributed by atoms with E-state index in [1.807, 2.05) is 12.1 Å². The summed E-state index contributed by atoms with van der Waals surface area (Å²) < 4.78 is 0. The van der Waals surface area contributed by atoms with Gasteiger partial charge in [-0.05, 0) is 25.0 Å². The molecule has 0 atom stereocenters. The van der Waals surface area contributed by atoms with E-state index >= 15 is 0 Å². The Labute approximate surface area is 83.9 Å². The van der Waals surface area contributed by atoms with Crippen LogP contribution >= 0.6 is 0 Å². The lowest BCUT2D eigenvalue weighted by molar-refractivity contribution is 0.356. The van der Waals surface area contributed by atoms with Gasteiger partial charge in [0.25, 0.3) is 0 Å². The van der Waals surface area contributed by atoms with Gasteiger partial charge in [-0.15, -0.1) is 0 Å². The average molecular weight is 192 g/mol. The van der Waals surface area contributed by atoms with Gasteiger partial charge >= 0.3 is 0 Å². The number of nitrogens with zero attached hydrogens (tertiary/aromatic N) is 2. The lowest BCUT2D eigenvalue weighted by atomic mass is 10.00. The normalized spacial score (nSPS) is 20.9. The number of pyridine rings is 1. The number of anilines is 1. The Bertz CT molecular complexity index is 296. The van der Waals surface area contributed by atoms with E-state index in [9.17, 15) is 0 Å². The summed E-state index contributed by atoms with van der Waals surface area (Å²) in [6.07, 6.45) is 5.53. The number of aromatic nitrogens is 1. The molecule has 0 amide bonds. The second kappa shape index (κ2) is 3.55. The van der Waals surface area contributed by atoms with Crippen LogP contribution in [0.3, 0.4) is 0 Å². The highest BCUT2D eigenvalue weighted by atomic mass is 15.2. The Morgan fingerprint density at radius 1 is 1.29 bits per heavy atom. The topological polar surface area (TPSA) is 68.2 Å². The summed E-state index contributed by atoms with van der Waals surface area (Å²) in [6, 6.07) is 3.98. The van der Waals surface area contributed by atoms with Gasteiger partial charge in [-0.3, -0.25) is 4.98 Å². The SMILES string of the molecule is NC1(N)CCCN(c2ccncc2)C1. The molecule has 76 valence electrons. The molecule has 0 saturated carbocycles. The van der Waals surface area contributed by atoms with E-state index < -0.39 is 5.66 Å². The van der Waals surface area contributed by atoms with Gasteiger partial charge < -0.3 is 16.4 Å². The number of piperidine rings is 1. The van der Waals surface area contributed by atoms with Crippen LogP contribution in [0.4, 0.5) is 5.69 Å². The zero-order valence-corrected chi connectivity index (χ0v) is 8.19. The second-order valence-corrected chi connectivity index (χ2v) is 3.96. The Morgan fingerprint density at radius 2 is 2.00 bits per heavy atom. The minimum Gasteiger partial charge on any atom is -0.368 e. The van der Waals surface area contributed by atoms with Crippen molar-refractivity contribution in [3.63, 3.8) is 0 Å². The molecule has 4 nitrogen and oxygen atoms in total. The largest absolute Gasteiger partial charge is 0.368 e. The molecule has 0 bridgehead atoms. The molecule has 0 aromatic carbocycles. The van der Waals surface area contributed by atoms with Crippen LogP contribution < -0.4 is 16.4 Å². The van der Waals surface area contributed by atoms with Crippen LogP contribution in [0.2, 0.25) is 0 Å². The highest BCUT2D eigenvalue weighted by Crippen LogP contribution is 2.20. The van der Waals surface area contributed by atoms with Gasteiger partial charge in [0, 0.05) is 31.2 Å². The highest BCUT2D eigenvalue weighted by Gasteiger charge is 2.27. The molecular weight excluding hydrogens is 176 g/mol. The maximum atomic E-state index is 5.93. The first-order chi connectivity index (χ1) is 6.67. The summed E-state index contributed by atoms with van der Waals surface area (Å²) in [5.41, 5.74) is 12.5. The summed E-state index contributed by atoms with van der Waals surface area (Å²) in [7, 11) is 0. The first-order valence-corrected chi connectivity index (χ1v) is 4.90. The molecular formula is C10H16N4. The predicted molar refractivity (Wildman–Crippen MR) is 56.8 cm³/mol. The first kappa shape index (κ1) is 9.43. The fourth-order valence-corrected chi connectivity index (χ4v) is 1.89. The standard InChI is InChI=1S/C10H16N4/c11-10(12)4-1-7-14(8-10)9-2-5-13-6-3-9/h2-3,5-6H,1,4,7-8,11-12H2. The molecule has 0 aliphatic carbocycles. The molecule has 0 radical (unpaired) electrons. The van der Waals surface area contributed by atoms with Crippen molar-refractivity contribution in [2.75, 3.05) is 18.0 Å². The van der Waals surface area contributed by atoms with Crippen LogP contribution in [-0.4, -0.2) is 23.7 Å². The van der Waals surface area contributed by atoms with Gasteiger partial charge in [0.2, 0.25) is 0 Å². The van der Waals surface area contributed by atoms with E-state index in [1.165, 1.54) is 0 Å². The average Bonchev–Trinajstić information content (AvgIpc) is 2.18. The van der Waals surface area contributed by atoms with Crippen molar-refractivity contribution in [1.29, 1.82) is 0 Å². The zero-order chi connectivity index (χ0) is 10.0. The first-order valence-electron chi connectivity index (χ1n) is 4.90. The van der Waals surface area contributed by atoms with Crippen molar-refractivity contribution in [3.8, 4) is 0 Å². The van der Waals surface area contributed by atoms with Crippen LogP contribution in [-0.2, 0) is 0 Å². The van der Waals surface area contributed by atoms with Crippen molar-refractivity contribution in [2.24, 2.45) is 11.5 Å². The Hall–Kier alpha value is -1.13. The fourth-order valence-electron chi connectivity index (χ4n) is 1.89. The minimum absolute atomic E-state index is 0.540. The zero-order valence-electron chi connectivity index (χ0n) is 8.19. The maximum absolute atomic E-state index is 5.93. The molecule has 2 rings (SSSR count). The third-order valence-electron chi connectivity index (χ3n) is 2.58. The van der Waals surface area contributed by atoms with Crippen LogP contribution in [0.25, 0.3) is 0 Å². The molecule has 1 aromatic rings. The van der Waals surface area contributed by atoms with Gasteiger partial charge in [-0.2, -0.15) is 0 Å². The summed E-state index contributed by atoms with van der Waals surface area (Å²) >= 11 is 0. The van der Waals surface area contributed by atoms with E-state index in [0.29, 0.717) is 0 Å². The van der Waals surface area contributed by atoms with Gasteiger partial charge in [-0.25, -0.2) is 0 Å². The third-order valence-corrected chi connectivity index (χ3v) is 2.58. The fraction of sp³-hybridized carbons (Fsp3) is 0.500. The summed E-state index contributed by atoms with van der Waals surface area (Å²) in [5.74, 6) is 0. The van der Waals surface area contributed by atoms with E-state index in [0.717, 1.165) is 31.6 Å². The summed E-state index contributed by atoms with van der Waals surface area (Å²) in [5, 5.41) is 0. The maximum Gasteiger partial charge on any atom is 0.0817 e. The Kier molecular flexibility index (Phi) is 2.39. The second-order valence-electron chi connectivity index (χ2n) is 3.96. The Morgan fingerprint density at radius 3 is 2.64 bits per heavy atom. The van der Waals surface area contributed by atoms with E-state index in [2.05, 4.69) is 9.88 Å². The van der Waals surface area contributed by atoms with Crippen molar-refractivity contribution in [1.82, 2.24) is 4.98 Å². The monoisotopic (exact) mass is 192 g/mol. The van der Waals surface area contributed by atoms with Crippen molar-refractivity contribution in [2.45, 2.75) is 18.5 Å². The molecule has 1 aromatic heterocycles. The Balaban J connectivity index is 2.12. The lowest BCUT2D eigenvalue weighted by Gasteiger charge is -2.38. The van der Waals surface area contributed by atoms with Gasteiger partial charge in [0.15, 0.2) is 0 Å². The smallest absolute Gasteiger partial charge is 0.0817 e. The van der Waals surface area contributed by atoms with Crippen molar-refractivity contribution < 1.29 is 0 Å². The van der Waals surface area contributed by atoms with Crippen LogP contribution in [0.1, 0.15) is 12.8 Å². The van der Waals surface area contributed by atoms with Crippen LogP contribution in [0.5, 0.6) is 0 Å². The number of rotatable bonds is 1. The molecule has 1 aliphatic rings. The van der Waals surface area contributed by atoms with Crippen LogP contribution in [0.15, 0.2) is 24.5 Å². The van der Waals surface area contributed by atoms with E-state index in [-0.39, 0.29) is 0 Å². The third kappa shape index (κ3) is 2.02. The summed E-state index contributed by atoms with van der Waals surface area (Å²) in [6.45, 7) is 1.75. The molecule has 1 saturated heterocycles. The molecule has 4 N–H and O–H groups in total. The number of hydrogen-bond donors (Lipinski definition) is 2. The quantitative estimate of drug-likeness (QED) is 0.628. The molecule has 1 fully saturated rings. The number of nitrogens with two attached hydrogens (primary N) is 2. The lowest BCUT2D eigenvalue weighted by Crippen LogP contribution is -2.60. The predicted octanol–water partition coefficient (Wildman–Crippen LogP) is 0.295. The molecule has 0 spiro atoms. The van der Waals surface area contributed by atoms with Gasteiger partial charge in [0.1, 0.15) is 0 Å². The minimum atomic E-state index is -0.540. The highest BCUT2D eigenvalue weighted by molar-refractivity contribution is 5.45. The van der Waals surface area contributed by atoms with Gasteiger partial charge in [-0.1, -0.05) is 0 Å². The molecule has 14 heavy (non-hydrogen) atoms. The molecule has 4 heteroatoms. The van der Waals surface area contributed by atoms with Crippen LogP contribution in [0, 0.1) is 0 Å². The summed E-state index contributed by atoms with van der Waals surface area (Å²) in [4.78, 5) is 6.20.